The molecule has 5 heteroatoms. The Kier molecular flexibility index (Phi) is 4.55. The van der Waals surface area contributed by atoms with Crippen LogP contribution >= 0.6 is 0 Å². The van der Waals surface area contributed by atoms with E-state index in [4.69, 9.17) is 0 Å². The number of pyridine rings is 1. The van der Waals surface area contributed by atoms with Crippen LogP contribution in [0, 0.1) is 5.82 Å². The summed E-state index contributed by atoms with van der Waals surface area (Å²) in [5.74, 6) is -0.0289. The van der Waals surface area contributed by atoms with Gasteiger partial charge in [-0.25, -0.2) is 9.18 Å². The molecule has 0 spiro atoms. The molecular formula is C18H20FN3O. The molecule has 0 unspecified atom stereocenters. The van der Waals surface area contributed by atoms with Gasteiger partial charge in [-0.1, -0.05) is 19.1 Å². The second-order valence-corrected chi connectivity index (χ2v) is 5.86. The minimum Gasteiger partial charge on any atom is -0.335 e. The number of aromatic nitrogens is 1. The number of halogens is 1. The van der Waals surface area contributed by atoms with Gasteiger partial charge in [0.15, 0.2) is 0 Å². The highest BCUT2D eigenvalue weighted by Gasteiger charge is 2.39. The molecule has 4 nitrogen and oxygen atoms in total. The summed E-state index contributed by atoms with van der Waals surface area (Å²) in [5.41, 5.74) is 1.98. The van der Waals surface area contributed by atoms with Gasteiger partial charge in [-0.15, -0.1) is 0 Å². The minimum atomic E-state index is -0.235. The van der Waals surface area contributed by atoms with E-state index in [0.29, 0.717) is 0 Å². The fourth-order valence-corrected chi connectivity index (χ4v) is 2.85. The van der Waals surface area contributed by atoms with Crippen molar-refractivity contribution >= 4 is 6.03 Å². The molecule has 1 aromatic carbocycles. The first-order chi connectivity index (χ1) is 11.2. The van der Waals surface area contributed by atoms with Gasteiger partial charge in [-0.2, -0.15) is 0 Å². The topological polar surface area (TPSA) is 54.0 Å². The number of nitrogens with zero attached hydrogens (tertiary/aromatic N) is 1. The van der Waals surface area contributed by atoms with Crippen molar-refractivity contribution in [1.29, 1.82) is 0 Å². The lowest BCUT2D eigenvalue weighted by molar-refractivity contribution is 0.236. The Bertz CT molecular complexity index is 677. The maximum absolute atomic E-state index is 13.2. The molecule has 0 aliphatic heterocycles. The largest absolute Gasteiger partial charge is 0.335 e. The fourth-order valence-electron chi connectivity index (χ4n) is 2.85. The number of carbonyl (C=O) groups excluding carboxylic acids is 1. The van der Waals surface area contributed by atoms with Gasteiger partial charge in [0.1, 0.15) is 5.82 Å². The highest BCUT2D eigenvalue weighted by atomic mass is 19.1. The van der Waals surface area contributed by atoms with Crippen molar-refractivity contribution in [2.75, 3.05) is 0 Å². The smallest absolute Gasteiger partial charge is 0.315 e. The van der Waals surface area contributed by atoms with E-state index >= 15 is 0 Å². The monoisotopic (exact) mass is 313 g/mol. The van der Waals surface area contributed by atoms with Gasteiger partial charge in [-0.3, -0.25) is 4.98 Å². The molecule has 1 fully saturated rings. The third-order valence-electron chi connectivity index (χ3n) is 4.21. The van der Waals surface area contributed by atoms with E-state index in [9.17, 15) is 9.18 Å². The third kappa shape index (κ3) is 3.86. The number of hydrogen-bond acceptors (Lipinski definition) is 2. The van der Waals surface area contributed by atoms with Crippen LogP contribution in [0.2, 0.25) is 0 Å². The van der Waals surface area contributed by atoms with Crippen molar-refractivity contribution in [3.63, 3.8) is 0 Å². The summed E-state index contributed by atoms with van der Waals surface area (Å²) in [5, 5.41) is 5.95. The zero-order chi connectivity index (χ0) is 16.2. The average Bonchev–Trinajstić information content (AvgIpc) is 3.32. The zero-order valence-corrected chi connectivity index (χ0v) is 13.0. The first-order valence-corrected chi connectivity index (χ1v) is 7.89. The van der Waals surface area contributed by atoms with Crippen molar-refractivity contribution in [2.45, 2.75) is 37.8 Å². The van der Waals surface area contributed by atoms with Crippen LogP contribution in [0.4, 0.5) is 9.18 Å². The van der Waals surface area contributed by atoms with Gasteiger partial charge in [0.2, 0.25) is 0 Å². The number of benzene rings is 1. The number of nitrogens with one attached hydrogen (secondary N) is 2. The summed E-state index contributed by atoms with van der Waals surface area (Å²) in [6.45, 7) is 2.03. The highest BCUT2D eigenvalue weighted by molar-refractivity contribution is 5.75. The van der Waals surface area contributed by atoms with E-state index in [2.05, 4.69) is 15.6 Å². The summed E-state index contributed by atoms with van der Waals surface area (Å²) >= 11 is 0. The number of hydrogen-bond donors (Lipinski definition) is 2. The molecule has 1 saturated carbocycles. The molecule has 0 bridgehead atoms. The lowest BCUT2D eigenvalue weighted by atomic mass is 10.1. The Morgan fingerprint density at radius 1 is 1.35 bits per heavy atom. The van der Waals surface area contributed by atoms with Gasteiger partial charge in [-0.05, 0) is 48.2 Å². The van der Waals surface area contributed by atoms with Crippen molar-refractivity contribution < 1.29 is 9.18 Å². The Hall–Kier alpha value is -2.43. The molecule has 2 aromatic rings. The summed E-state index contributed by atoms with van der Waals surface area (Å²) in [4.78, 5) is 16.2. The number of carbonyl (C=O) groups is 1. The fraction of sp³-hybridized carbons (Fsp3) is 0.333. The quantitative estimate of drug-likeness (QED) is 0.887. The molecule has 0 saturated heterocycles. The van der Waals surface area contributed by atoms with E-state index in [1.165, 1.54) is 12.1 Å². The van der Waals surface area contributed by atoms with E-state index in [0.717, 1.165) is 24.0 Å². The molecule has 2 amide bonds. The normalized spacial score (nSPS) is 20.6. The van der Waals surface area contributed by atoms with Crippen LogP contribution in [0.5, 0.6) is 0 Å². The van der Waals surface area contributed by atoms with Gasteiger partial charge < -0.3 is 10.6 Å². The van der Waals surface area contributed by atoms with Crippen LogP contribution in [0.1, 0.15) is 42.9 Å². The van der Waals surface area contributed by atoms with E-state index in [1.54, 1.807) is 18.5 Å². The van der Waals surface area contributed by atoms with Crippen LogP contribution in [0.25, 0.3) is 0 Å². The predicted octanol–water partition coefficient (Wildman–Crippen LogP) is 3.53. The summed E-state index contributed by atoms with van der Waals surface area (Å²) in [7, 11) is 0. The Morgan fingerprint density at radius 2 is 2.13 bits per heavy atom. The van der Waals surface area contributed by atoms with E-state index in [-0.39, 0.29) is 29.8 Å². The maximum Gasteiger partial charge on any atom is 0.315 e. The molecule has 3 atom stereocenters. The molecule has 1 aliphatic carbocycles. The third-order valence-corrected chi connectivity index (χ3v) is 4.21. The molecule has 23 heavy (non-hydrogen) atoms. The number of urea groups is 1. The molecule has 1 heterocycles. The van der Waals surface area contributed by atoms with Crippen molar-refractivity contribution in [2.24, 2.45) is 0 Å². The van der Waals surface area contributed by atoms with Crippen LogP contribution in [-0.2, 0) is 0 Å². The van der Waals surface area contributed by atoms with Crippen LogP contribution in [-0.4, -0.2) is 17.1 Å². The van der Waals surface area contributed by atoms with Crippen LogP contribution < -0.4 is 10.6 Å². The molecular weight excluding hydrogens is 293 g/mol. The standard InChI is InChI=1S/C18H20FN3O/c1-2-16(12-6-8-20-9-7-12)21-18(23)22-17-11-15(17)13-4-3-5-14(19)10-13/h3-10,15-17H,2,11H2,1H3,(H2,21,22,23)/t15-,16+,17+/m0/s1. The second-order valence-electron chi connectivity index (χ2n) is 5.86. The summed E-state index contributed by atoms with van der Waals surface area (Å²) in [6, 6.07) is 10.2. The van der Waals surface area contributed by atoms with Crippen molar-refractivity contribution in [3.8, 4) is 0 Å². The predicted molar refractivity (Wildman–Crippen MR) is 86.5 cm³/mol. The number of rotatable bonds is 5. The molecule has 0 radical (unpaired) electrons. The highest BCUT2D eigenvalue weighted by Crippen LogP contribution is 2.40. The lowest BCUT2D eigenvalue weighted by Gasteiger charge is -2.17. The first-order valence-electron chi connectivity index (χ1n) is 7.89. The van der Waals surface area contributed by atoms with Gasteiger partial charge >= 0.3 is 6.03 Å². The first kappa shape index (κ1) is 15.5. The molecule has 2 N–H and O–H groups in total. The van der Waals surface area contributed by atoms with Crippen molar-refractivity contribution in [1.82, 2.24) is 15.6 Å². The number of amides is 2. The van der Waals surface area contributed by atoms with Crippen LogP contribution in [0.15, 0.2) is 48.8 Å². The maximum atomic E-state index is 13.2. The van der Waals surface area contributed by atoms with Gasteiger partial charge in [0.25, 0.3) is 0 Å². The summed E-state index contributed by atoms with van der Waals surface area (Å²) < 4.78 is 13.2. The average molecular weight is 313 g/mol. The van der Waals surface area contributed by atoms with E-state index in [1.807, 2.05) is 25.1 Å². The van der Waals surface area contributed by atoms with Gasteiger partial charge in [0, 0.05) is 24.4 Å². The Morgan fingerprint density at radius 3 is 2.83 bits per heavy atom. The second kappa shape index (κ2) is 6.77. The van der Waals surface area contributed by atoms with Crippen molar-refractivity contribution in [3.05, 3.63) is 65.7 Å². The molecule has 120 valence electrons. The Balaban J connectivity index is 1.54. The minimum absolute atomic E-state index is 0.0376. The Labute approximate surface area is 135 Å². The molecule has 1 aliphatic rings. The lowest BCUT2D eigenvalue weighted by Crippen LogP contribution is -2.39. The molecule has 3 rings (SSSR count). The van der Waals surface area contributed by atoms with Crippen LogP contribution in [0.3, 0.4) is 0 Å². The zero-order valence-electron chi connectivity index (χ0n) is 13.0. The van der Waals surface area contributed by atoms with E-state index < -0.39 is 0 Å². The molecule has 1 aromatic heterocycles. The van der Waals surface area contributed by atoms with Gasteiger partial charge in [0.05, 0.1) is 6.04 Å². The SMILES string of the molecule is CC[C@@H](NC(=O)N[C@@H]1C[C@H]1c1cccc(F)c1)c1ccncc1. The summed E-state index contributed by atoms with van der Waals surface area (Å²) in [6.07, 6.45) is 5.09.